The number of hydrogen-bond acceptors (Lipinski definition) is 2. The molecule has 98 valence electrons. The minimum Gasteiger partial charge on any atom is -0.381 e. The first-order valence-electron chi connectivity index (χ1n) is 5.98. The topological polar surface area (TPSA) is 38.3 Å². The fraction of sp³-hybridized carbons (Fsp3) is 0.462. The van der Waals surface area contributed by atoms with Crippen LogP contribution < -0.4 is 5.32 Å². The van der Waals surface area contributed by atoms with Crippen molar-refractivity contribution in [1.29, 1.82) is 0 Å². The van der Waals surface area contributed by atoms with Crippen molar-refractivity contribution >= 4 is 21.8 Å². The van der Waals surface area contributed by atoms with E-state index < -0.39 is 5.82 Å². The van der Waals surface area contributed by atoms with Crippen LogP contribution in [0.1, 0.15) is 23.2 Å². The van der Waals surface area contributed by atoms with Crippen LogP contribution in [0.25, 0.3) is 0 Å². The highest BCUT2D eigenvalue weighted by Gasteiger charge is 2.15. The zero-order valence-electron chi connectivity index (χ0n) is 9.92. The Balaban J connectivity index is 1.88. The molecule has 0 saturated carbocycles. The molecule has 18 heavy (non-hydrogen) atoms. The van der Waals surface area contributed by atoms with Gasteiger partial charge in [0.25, 0.3) is 5.91 Å². The molecule has 2 rings (SSSR count). The molecule has 1 unspecified atom stereocenters. The number of carbonyl (C=O) groups excluding carboxylic acids is 1. The summed E-state index contributed by atoms with van der Waals surface area (Å²) < 4.78 is 19.0. The van der Waals surface area contributed by atoms with E-state index in [0.717, 1.165) is 19.4 Å². The van der Waals surface area contributed by atoms with Crippen molar-refractivity contribution in [2.45, 2.75) is 12.8 Å². The SMILES string of the molecule is O=C(NCC1CCCOC1)c1ccc(Br)c(F)c1. The quantitative estimate of drug-likeness (QED) is 0.931. The van der Waals surface area contributed by atoms with Gasteiger partial charge < -0.3 is 10.1 Å². The molecule has 1 saturated heterocycles. The van der Waals surface area contributed by atoms with E-state index in [1.807, 2.05) is 0 Å². The number of carbonyl (C=O) groups is 1. The molecule has 1 aromatic carbocycles. The predicted molar refractivity (Wildman–Crippen MR) is 70.0 cm³/mol. The van der Waals surface area contributed by atoms with Crippen LogP contribution in [0.3, 0.4) is 0 Å². The van der Waals surface area contributed by atoms with Gasteiger partial charge in [0.1, 0.15) is 5.82 Å². The van der Waals surface area contributed by atoms with Crippen molar-refractivity contribution in [3.63, 3.8) is 0 Å². The number of hydrogen-bond donors (Lipinski definition) is 1. The van der Waals surface area contributed by atoms with Crippen molar-refractivity contribution < 1.29 is 13.9 Å². The van der Waals surface area contributed by atoms with Crippen LogP contribution in [-0.2, 0) is 4.74 Å². The van der Waals surface area contributed by atoms with Gasteiger partial charge in [-0.3, -0.25) is 4.79 Å². The maximum absolute atomic E-state index is 13.3. The third-order valence-electron chi connectivity index (χ3n) is 2.99. The van der Waals surface area contributed by atoms with Crippen LogP contribution in [-0.4, -0.2) is 25.7 Å². The lowest BCUT2D eigenvalue weighted by Crippen LogP contribution is -2.33. The van der Waals surface area contributed by atoms with Gasteiger partial charge in [0.05, 0.1) is 11.1 Å². The summed E-state index contributed by atoms with van der Waals surface area (Å²) in [5, 5.41) is 2.81. The van der Waals surface area contributed by atoms with E-state index in [4.69, 9.17) is 4.74 Å². The van der Waals surface area contributed by atoms with Gasteiger partial charge in [0.2, 0.25) is 0 Å². The van der Waals surface area contributed by atoms with E-state index in [9.17, 15) is 9.18 Å². The van der Waals surface area contributed by atoms with Gasteiger partial charge in [-0.05, 0) is 52.9 Å². The number of ether oxygens (including phenoxy) is 1. The Kier molecular flexibility index (Phi) is 4.72. The van der Waals surface area contributed by atoms with E-state index in [0.29, 0.717) is 29.1 Å². The number of amides is 1. The Morgan fingerprint density at radius 3 is 3.06 bits per heavy atom. The fourth-order valence-electron chi connectivity index (χ4n) is 1.94. The number of nitrogens with one attached hydrogen (secondary N) is 1. The van der Waals surface area contributed by atoms with E-state index >= 15 is 0 Å². The van der Waals surface area contributed by atoms with E-state index in [-0.39, 0.29) is 5.91 Å². The number of halogens is 2. The molecule has 1 aliphatic rings. The van der Waals surface area contributed by atoms with Gasteiger partial charge in [-0.1, -0.05) is 0 Å². The van der Waals surface area contributed by atoms with E-state index in [1.165, 1.54) is 12.1 Å². The minimum absolute atomic E-state index is 0.244. The minimum atomic E-state index is -0.427. The van der Waals surface area contributed by atoms with Crippen LogP contribution in [0, 0.1) is 11.7 Å². The normalized spacial score (nSPS) is 19.6. The Morgan fingerprint density at radius 2 is 2.39 bits per heavy atom. The molecule has 0 radical (unpaired) electrons. The highest BCUT2D eigenvalue weighted by atomic mass is 79.9. The average Bonchev–Trinajstić information content (AvgIpc) is 2.40. The van der Waals surface area contributed by atoms with Gasteiger partial charge in [-0.25, -0.2) is 4.39 Å². The molecule has 0 aromatic heterocycles. The lowest BCUT2D eigenvalue weighted by molar-refractivity contribution is 0.0536. The monoisotopic (exact) mass is 315 g/mol. The molecule has 1 amide bonds. The molecule has 0 bridgehead atoms. The highest BCUT2D eigenvalue weighted by Crippen LogP contribution is 2.17. The zero-order chi connectivity index (χ0) is 13.0. The lowest BCUT2D eigenvalue weighted by Gasteiger charge is -2.22. The Labute approximate surface area is 114 Å². The molecule has 5 heteroatoms. The van der Waals surface area contributed by atoms with Crippen LogP contribution in [0.15, 0.2) is 22.7 Å². The third kappa shape index (κ3) is 3.53. The lowest BCUT2D eigenvalue weighted by atomic mass is 10.0. The molecule has 1 aromatic rings. The summed E-state index contributed by atoms with van der Waals surface area (Å²) in [4.78, 5) is 11.8. The molecule has 1 N–H and O–H groups in total. The highest BCUT2D eigenvalue weighted by molar-refractivity contribution is 9.10. The average molecular weight is 316 g/mol. The third-order valence-corrected chi connectivity index (χ3v) is 3.63. The number of benzene rings is 1. The summed E-state index contributed by atoms with van der Waals surface area (Å²) >= 11 is 3.06. The van der Waals surface area contributed by atoms with E-state index in [1.54, 1.807) is 6.07 Å². The van der Waals surface area contributed by atoms with Gasteiger partial charge in [0.15, 0.2) is 0 Å². The molecule has 0 spiro atoms. The molecule has 1 heterocycles. The Morgan fingerprint density at radius 1 is 1.56 bits per heavy atom. The van der Waals surface area contributed by atoms with Crippen LogP contribution in [0.5, 0.6) is 0 Å². The molecule has 0 aliphatic carbocycles. The second kappa shape index (κ2) is 6.29. The molecule has 3 nitrogen and oxygen atoms in total. The maximum atomic E-state index is 13.3. The number of rotatable bonds is 3. The van der Waals surface area contributed by atoms with Crippen molar-refractivity contribution in [2.75, 3.05) is 19.8 Å². The second-order valence-corrected chi connectivity index (χ2v) is 5.28. The van der Waals surface area contributed by atoms with Crippen molar-refractivity contribution in [3.05, 3.63) is 34.1 Å². The summed E-state index contributed by atoms with van der Waals surface area (Å²) in [6.45, 7) is 2.08. The second-order valence-electron chi connectivity index (χ2n) is 4.42. The van der Waals surface area contributed by atoms with Crippen LogP contribution in [0.4, 0.5) is 4.39 Å². The summed E-state index contributed by atoms with van der Waals surface area (Å²) in [6, 6.07) is 4.37. The summed E-state index contributed by atoms with van der Waals surface area (Å²) in [7, 11) is 0. The Bertz CT molecular complexity index is 433. The predicted octanol–water partition coefficient (Wildman–Crippen LogP) is 2.74. The Hall–Kier alpha value is -0.940. The standard InChI is InChI=1S/C13H15BrFNO2/c14-11-4-3-10(6-12(11)15)13(17)16-7-9-2-1-5-18-8-9/h3-4,6,9H,1-2,5,7-8H2,(H,16,17). The molecule has 1 fully saturated rings. The summed E-state index contributed by atoms with van der Waals surface area (Å²) in [5.74, 6) is -0.307. The molecule has 1 aliphatic heterocycles. The molecular formula is C13H15BrFNO2. The van der Waals surface area contributed by atoms with Gasteiger partial charge in [0, 0.05) is 18.7 Å². The van der Waals surface area contributed by atoms with Crippen LogP contribution in [0.2, 0.25) is 0 Å². The summed E-state index contributed by atoms with van der Waals surface area (Å²) in [5.41, 5.74) is 0.340. The van der Waals surface area contributed by atoms with Crippen LogP contribution >= 0.6 is 15.9 Å². The fourth-order valence-corrected chi connectivity index (χ4v) is 2.19. The molecular weight excluding hydrogens is 301 g/mol. The van der Waals surface area contributed by atoms with Gasteiger partial charge in [-0.15, -0.1) is 0 Å². The van der Waals surface area contributed by atoms with Gasteiger partial charge in [-0.2, -0.15) is 0 Å². The smallest absolute Gasteiger partial charge is 0.251 e. The first-order chi connectivity index (χ1) is 8.66. The summed E-state index contributed by atoms with van der Waals surface area (Å²) in [6.07, 6.45) is 2.10. The van der Waals surface area contributed by atoms with Crippen molar-refractivity contribution in [2.24, 2.45) is 5.92 Å². The largest absolute Gasteiger partial charge is 0.381 e. The molecule has 1 atom stereocenters. The van der Waals surface area contributed by atoms with Gasteiger partial charge >= 0.3 is 0 Å². The van der Waals surface area contributed by atoms with E-state index in [2.05, 4.69) is 21.2 Å². The first kappa shape index (κ1) is 13.5. The zero-order valence-corrected chi connectivity index (χ0v) is 11.5. The first-order valence-corrected chi connectivity index (χ1v) is 6.77. The maximum Gasteiger partial charge on any atom is 0.251 e. The van der Waals surface area contributed by atoms with Crippen molar-refractivity contribution in [3.8, 4) is 0 Å². The van der Waals surface area contributed by atoms with Crippen molar-refractivity contribution in [1.82, 2.24) is 5.32 Å².